The lowest BCUT2D eigenvalue weighted by Crippen LogP contribution is -1.99. The summed E-state index contributed by atoms with van der Waals surface area (Å²) in [7, 11) is 0. The Morgan fingerprint density at radius 3 is 2.71 bits per heavy atom. The van der Waals surface area contributed by atoms with Gasteiger partial charge in [-0.1, -0.05) is 30.0 Å². The predicted octanol–water partition coefficient (Wildman–Crippen LogP) is 4.08. The maximum Gasteiger partial charge on any atom is 0.277 e. The van der Waals surface area contributed by atoms with Gasteiger partial charge >= 0.3 is 0 Å². The van der Waals surface area contributed by atoms with Gasteiger partial charge < -0.3 is 4.42 Å². The van der Waals surface area contributed by atoms with Crippen LogP contribution in [0.3, 0.4) is 0 Å². The number of thioether (sulfide) groups is 1. The zero-order chi connectivity index (χ0) is 14.7. The van der Waals surface area contributed by atoms with Crippen molar-refractivity contribution in [3.05, 3.63) is 52.2 Å². The lowest BCUT2D eigenvalue weighted by Gasteiger charge is -1.94. The summed E-state index contributed by atoms with van der Waals surface area (Å²) in [5.74, 6) is 0.853. The molecule has 0 aliphatic carbocycles. The van der Waals surface area contributed by atoms with Gasteiger partial charge in [0.05, 0.1) is 10.6 Å². The fourth-order valence-corrected chi connectivity index (χ4v) is 3.29. The average Bonchev–Trinajstić information content (AvgIpc) is 3.15. The number of thiophene rings is 1. The van der Waals surface area contributed by atoms with E-state index in [2.05, 4.69) is 10.2 Å². The monoisotopic (exact) mass is 316 g/mol. The minimum atomic E-state index is 0.0811. The molecule has 3 rings (SSSR count). The number of benzene rings is 1. The summed E-state index contributed by atoms with van der Waals surface area (Å²) < 4.78 is 5.55. The van der Waals surface area contributed by atoms with E-state index in [0.29, 0.717) is 16.9 Å². The third-order valence-electron chi connectivity index (χ3n) is 2.77. The van der Waals surface area contributed by atoms with Gasteiger partial charge in [0.2, 0.25) is 5.89 Å². The predicted molar refractivity (Wildman–Crippen MR) is 83.8 cm³/mol. The molecule has 0 aliphatic rings. The first kappa shape index (κ1) is 14.0. The number of nitrogens with zero attached hydrogens (tertiary/aromatic N) is 2. The zero-order valence-electron chi connectivity index (χ0n) is 11.3. The van der Waals surface area contributed by atoms with E-state index < -0.39 is 0 Å². The molecule has 0 unspecified atom stereocenters. The van der Waals surface area contributed by atoms with E-state index in [0.717, 1.165) is 15.3 Å². The molecule has 0 N–H and O–H groups in total. The number of hydrogen-bond acceptors (Lipinski definition) is 6. The highest BCUT2D eigenvalue weighted by Gasteiger charge is 2.13. The normalized spacial score (nSPS) is 10.7. The Morgan fingerprint density at radius 2 is 2.00 bits per heavy atom. The van der Waals surface area contributed by atoms with E-state index in [1.165, 1.54) is 23.1 Å². The number of carbonyl (C=O) groups is 1. The second kappa shape index (κ2) is 6.24. The Balaban J connectivity index is 1.64. The van der Waals surface area contributed by atoms with Crippen molar-refractivity contribution in [3.63, 3.8) is 0 Å². The quantitative estimate of drug-likeness (QED) is 0.524. The molecule has 0 radical (unpaired) electrons. The van der Waals surface area contributed by atoms with Gasteiger partial charge in [-0.3, -0.25) is 4.79 Å². The number of carbonyl (C=O) groups excluding carboxylic acids is 1. The van der Waals surface area contributed by atoms with Gasteiger partial charge in [0, 0.05) is 10.4 Å². The molecule has 0 aliphatic heterocycles. The van der Waals surface area contributed by atoms with Crippen molar-refractivity contribution in [2.45, 2.75) is 12.1 Å². The number of ketones is 1. The molecule has 106 valence electrons. The molecule has 0 atom stereocenters. The lowest BCUT2D eigenvalue weighted by molar-refractivity contribution is 0.102. The van der Waals surface area contributed by atoms with E-state index in [-0.39, 0.29) is 5.78 Å². The highest BCUT2D eigenvalue weighted by Crippen LogP contribution is 2.24. The molecule has 21 heavy (non-hydrogen) atoms. The van der Waals surface area contributed by atoms with Gasteiger partial charge in [-0.2, -0.15) is 0 Å². The number of Topliss-reactive ketones (excluding diaryl/α,β-unsaturated/α-hetero) is 1. The largest absolute Gasteiger partial charge is 0.411 e. The van der Waals surface area contributed by atoms with Crippen LogP contribution in [-0.4, -0.2) is 21.7 Å². The van der Waals surface area contributed by atoms with Crippen LogP contribution < -0.4 is 0 Å². The number of rotatable bonds is 5. The molecule has 0 bridgehead atoms. The van der Waals surface area contributed by atoms with Crippen LogP contribution >= 0.6 is 23.1 Å². The summed E-state index contributed by atoms with van der Waals surface area (Å²) >= 11 is 2.77. The van der Waals surface area contributed by atoms with Gasteiger partial charge in [0.15, 0.2) is 5.78 Å². The van der Waals surface area contributed by atoms with Crippen LogP contribution in [0, 0.1) is 6.92 Å². The molecule has 1 aromatic carbocycles. The molecular formula is C15H12N2O2S2. The van der Waals surface area contributed by atoms with E-state index in [9.17, 15) is 4.79 Å². The second-order valence-corrected chi connectivity index (χ2v) is 6.58. The summed E-state index contributed by atoms with van der Waals surface area (Å²) in [5.41, 5.74) is 0.872. The zero-order valence-corrected chi connectivity index (χ0v) is 12.9. The van der Waals surface area contributed by atoms with Crippen LogP contribution in [0.4, 0.5) is 0 Å². The van der Waals surface area contributed by atoms with Gasteiger partial charge in [0.25, 0.3) is 5.22 Å². The Hall–Kier alpha value is -1.92. The van der Waals surface area contributed by atoms with Gasteiger partial charge in [-0.25, -0.2) is 0 Å². The van der Waals surface area contributed by atoms with E-state index in [1.54, 1.807) is 0 Å². The Bertz CT molecular complexity index is 750. The molecule has 6 heteroatoms. The molecule has 4 nitrogen and oxygen atoms in total. The van der Waals surface area contributed by atoms with Crippen molar-refractivity contribution < 1.29 is 9.21 Å². The van der Waals surface area contributed by atoms with E-state index in [4.69, 9.17) is 4.42 Å². The fourth-order valence-electron chi connectivity index (χ4n) is 1.75. The van der Waals surface area contributed by atoms with E-state index >= 15 is 0 Å². The molecule has 0 saturated heterocycles. The van der Waals surface area contributed by atoms with Crippen LogP contribution in [0.25, 0.3) is 11.5 Å². The summed E-state index contributed by atoms with van der Waals surface area (Å²) in [5, 5.41) is 8.37. The maximum absolute atomic E-state index is 12.0. The first-order chi connectivity index (χ1) is 10.2. The number of hydrogen-bond donors (Lipinski definition) is 0. The van der Waals surface area contributed by atoms with Gasteiger partial charge in [0.1, 0.15) is 0 Å². The molecular weight excluding hydrogens is 304 g/mol. The van der Waals surface area contributed by atoms with Crippen molar-refractivity contribution in [1.29, 1.82) is 0 Å². The summed E-state index contributed by atoms with van der Waals surface area (Å²) in [6, 6.07) is 13.4. The molecule has 3 aromatic rings. The minimum Gasteiger partial charge on any atom is -0.411 e. The molecule has 0 spiro atoms. The number of aryl methyl sites for hydroxylation is 1. The first-order valence-corrected chi connectivity index (χ1v) is 8.14. The molecule has 2 aromatic heterocycles. The topological polar surface area (TPSA) is 56.0 Å². The van der Waals surface area contributed by atoms with Crippen molar-refractivity contribution in [1.82, 2.24) is 10.2 Å². The van der Waals surface area contributed by atoms with Gasteiger partial charge in [-0.15, -0.1) is 21.5 Å². The average molecular weight is 316 g/mol. The van der Waals surface area contributed by atoms with Crippen LogP contribution in [-0.2, 0) is 0 Å². The standard InChI is InChI=1S/C15H12N2O2S2/c1-10-7-8-13(21-10)12(18)9-20-15-17-16-14(19-15)11-5-3-2-4-6-11/h2-8H,9H2,1H3. The highest BCUT2D eigenvalue weighted by atomic mass is 32.2. The SMILES string of the molecule is Cc1ccc(C(=O)CSc2nnc(-c3ccccc3)o2)s1. The number of aromatic nitrogens is 2. The Morgan fingerprint density at radius 1 is 1.19 bits per heavy atom. The molecule has 0 saturated carbocycles. The van der Waals surface area contributed by atoms with Crippen LogP contribution in [0.2, 0.25) is 0 Å². The highest BCUT2D eigenvalue weighted by molar-refractivity contribution is 7.99. The molecule has 2 heterocycles. The minimum absolute atomic E-state index is 0.0811. The van der Waals surface area contributed by atoms with E-state index in [1.807, 2.05) is 49.4 Å². The maximum atomic E-state index is 12.0. The Labute approximate surface area is 130 Å². The Kier molecular flexibility index (Phi) is 4.17. The van der Waals surface area contributed by atoms with Gasteiger partial charge in [-0.05, 0) is 31.2 Å². The van der Waals surface area contributed by atoms with Crippen molar-refractivity contribution >= 4 is 28.9 Å². The molecule has 0 fully saturated rings. The first-order valence-electron chi connectivity index (χ1n) is 6.34. The van der Waals surface area contributed by atoms with Crippen LogP contribution in [0.15, 0.2) is 52.1 Å². The summed E-state index contributed by atoms with van der Waals surface area (Å²) in [6.07, 6.45) is 0. The van der Waals surface area contributed by atoms with Crippen LogP contribution in [0.1, 0.15) is 14.5 Å². The van der Waals surface area contributed by atoms with Crippen molar-refractivity contribution in [3.8, 4) is 11.5 Å². The smallest absolute Gasteiger partial charge is 0.277 e. The van der Waals surface area contributed by atoms with Crippen LogP contribution in [0.5, 0.6) is 0 Å². The lowest BCUT2D eigenvalue weighted by atomic mass is 10.2. The third-order valence-corrected chi connectivity index (χ3v) is 4.63. The van der Waals surface area contributed by atoms with Crippen molar-refractivity contribution in [2.24, 2.45) is 0 Å². The summed E-state index contributed by atoms with van der Waals surface area (Å²) in [4.78, 5) is 13.9. The molecule has 0 amide bonds. The fraction of sp³-hybridized carbons (Fsp3) is 0.133. The second-order valence-electron chi connectivity index (χ2n) is 4.36. The summed E-state index contributed by atoms with van der Waals surface area (Å²) in [6.45, 7) is 1.98. The van der Waals surface area contributed by atoms with Crippen molar-refractivity contribution in [2.75, 3.05) is 5.75 Å². The third kappa shape index (κ3) is 3.40.